The molecule has 3 N–H and O–H groups in total. The van der Waals surface area contributed by atoms with Crippen LogP contribution in [0.25, 0.3) is 0 Å². The second-order valence-electron chi connectivity index (χ2n) is 4.70. The molecule has 0 aliphatic heterocycles. The van der Waals surface area contributed by atoms with E-state index < -0.39 is 11.9 Å². The Morgan fingerprint density at radius 1 is 0.958 bits per heavy atom. The van der Waals surface area contributed by atoms with Crippen molar-refractivity contribution in [2.45, 2.75) is 19.8 Å². The summed E-state index contributed by atoms with van der Waals surface area (Å²) in [5.41, 5.74) is 1.93. The number of para-hydroxylation sites is 2. The van der Waals surface area contributed by atoms with Gasteiger partial charge in [-0.15, -0.1) is 0 Å². The lowest BCUT2D eigenvalue weighted by Crippen LogP contribution is -2.04. The second kappa shape index (κ2) is 9.80. The van der Waals surface area contributed by atoms with Crippen molar-refractivity contribution in [3.05, 3.63) is 58.1 Å². The van der Waals surface area contributed by atoms with Gasteiger partial charge in [0.15, 0.2) is 0 Å². The van der Waals surface area contributed by atoms with Gasteiger partial charge in [0.1, 0.15) is 0 Å². The zero-order valence-corrected chi connectivity index (χ0v) is 14.4. The zero-order chi connectivity index (χ0) is 18.1. The van der Waals surface area contributed by atoms with Gasteiger partial charge in [-0.3, -0.25) is 9.59 Å². The van der Waals surface area contributed by atoms with Crippen LogP contribution in [0, 0.1) is 0 Å². The number of hydrogen-bond donors (Lipinski definition) is 3. The van der Waals surface area contributed by atoms with Gasteiger partial charge in [-0.1, -0.05) is 54.4 Å². The first kappa shape index (κ1) is 19.8. The van der Waals surface area contributed by atoms with Crippen molar-refractivity contribution < 1.29 is 19.8 Å². The number of carboxylic acids is 2. The van der Waals surface area contributed by atoms with Crippen molar-refractivity contribution in [2.75, 3.05) is 5.32 Å². The van der Waals surface area contributed by atoms with Crippen molar-refractivity contribution in [3.8, 4) is 0 Å². The van der Waals surface area contributed by atoms with Gasteiger partial charge in [-0.05, 0) is 23.8 Å². The Morgan fingerprint density at radius 3 is 2.00 bits per heavy atom. The predicted molar refractivity (Wildman–Crippen MR) is 95.5 cm³/mol. The molecule has 7 heteroatoms. The lowest BCUT2D eigenvalue weighted by atomic mass is 10.1. The van der Waals surface area contributed by atoms with Gasteiger partial charge >= 0.3 is 11.9 Å². The molecule has 0 amide bonds. The van der Waals surface area contributed by atoms with E-state index in [9.17, 15) is 9.59 Å². The Morgan fingerprint density at radius 2 is 1.50 bits per heavy atom. The van der Waals surface area contributed by atoms with Crippen LogP contribution in [-0.2, 0) is 16.0 Å². The van der Waals surface area contributed by atoms with Crippen LogP contribution in [-0.4, -0.2) is 22.2 Å². The molecule has 128 valence electrons. The largest absolute Gasteiger partial charge is 0.481 e. The summed E-state index contributed by atoms with van der Waals surface area (Å²) in [6, 6.07) is 12.3. The van der Waals surface area contributed by atoms with Gasteiger partial charge in [0.2, 0.25) is 0 Å². The van der Waals surface area contributed by atoms with Crippen LogP contribution in [0.4, 0.5) is 11.4 Å². The van der Waals surface area contributed by atoms with Crippen LogP contribution in [0.5, 0.6) is 0 Å². The first-order valence-electron chi connectivity index (χ1n) is 7.07. The van der Waals surface area contributed by atoms with Gasteiger partial charge in [-0.2, -0.15) is 0 Å². The highest BCUT2D eigenvalue weighted by Gasteiger charge is 2.10. The summed E-state index contributed by atoms with van der Waals surface area (Å²) in [4.78, 5) is 20.2. The van der Waals surface area contributed by atoms with E-state index in [1.807, 2.05) is 6.07 Å². The minimum atomic E-state index is -0.889. The maximum Gasteiger partial charge on any atom is 0.307 e. The molecule has 0 bridgehead atoms. The fourth-order valence-electron chi connectivity index (χ4n) is 1.71. The molecular weight excluding hydrogens is 353 g/mol. The molecular formula is C17H17Cl2NO4. The van der Waals surface area contributed by atoms with Gasteiger partial charge in [0.05, 0.1) is 22.2 Å². The van der Waals surface area contributed by atoms with Crippen LogP contribution in [0.1, 0.15) is 18.9 Å². The van der Waals surface area contributed by atoms with E-state index in [4.69, 9.17) is 33.4 Å². The third kappa shape index (κ3) is 6.48. The second-order valence-corrected chi connectivity index (χ2v) is 5.51. The summed E-state index contributed by atoms with van der Waals surface area (Å²) in [5, 5.41) is 20.7. The Hall–Kier alpha value is -2.24. The summed E-state index contributed by atoms with van der Waals surface area (Å²) >= 11 is 12.1. The molecule has 0 spiro atoms. The topological polar surface area (TPSA) is 86.6 Å². The molecule has 0 saturated heterocycles. The number of aliphatic carboxylic acids is 2. The monoisotopic (exact) mass is 369 g/mol. The smallest absolute Gasteiger partial charge is 0.307 e. The van der Waals surface area contributed by atoms with Gasteiger partial charge < -0.3 is 15.5 Å². The van der Waals surface area contributed by atoms with Crippen molar-refractivity contribution in [3.63, 3.8) is 0 Å². The minimum absolute atomic E-state index is 0.0642. The number of carboxylic acid groups (broad SMARTS) is 2. The summed E-state index contributed by atoms with van der Waals surface area (Å²) in [6.07, 6.45) is 0.158. The molecule has 0 unspecified atom stereocenters. The maximum atomic E-state index is 10.8. The average molecular weight is 370 g/mol. The van der Waals surface area contributed by atoms with E-state index in [1.54, 1.807) is 43.3 Å². The summed E-state index contributed by atoms with van der Waals surface area (Å²) in [5.74, 6) is -1.63. The number of benzene rings is 2. The van der Waals surface area contributed by atoms with Gasteiger partial charge in [0.25, 0.3) is 0 Å². The van der Waals surface area contributed by atoms with Crippen LogP contribution in [0.2, 0.25) is 10.0 Å². The van der Waals surface area contributed by atoms with E-state index in [-0.39, 0.29) is 12.8 Å². The highest BCUT2D eigenvalue weighted by atomic mass is 35.5. The lowest BCUT2D eigenvalue weighted by molar-refractivity contribution is -0.137. The standard InChI is InChI=1S/C14H11Cl2NO2.C3H6O2/c15-10-5-3-6-11(16)14(10)17-12-7-2-1-4-9(12)8-13(18)19;1-2-3(4)5/h1-7,17H,8H2,(H,18,19);2H2,1H3,(H,4,5). The molecule has 2 aromatic rings. The number of nitrogens with one attached hydrogen (secondary N) is 1. The molecule has 0 aliphatic carbocycles. The lowest BCUT2D eigenvalue weighted by Gasteiger charge is -2.13. The van der Waals surface area contributed by atoms with E-state index in [0.29, 0.717) is 27.0 Å². The molecule has 0 aromatic heterocycles. The number of halogens is 2. The quantitative estimate of drug-likeness (QED) is 0.701. The minimum Gasteiger partial charge on any atom is -0.481 e. The summed E-state index contributed by atoms with van der Waals surface area (Å²) in [7, 11) is 0. The average Bonchev–Trinajstić information content (AvgIpc) is 2.52. The maximum absolute atomic E-state index is 10.8. The molecule has 2 aromatic carbocycles. The third-order valence-electron chi connectivity index (χ3n) is 2.88. The normalized spacial score (nSPS) is 9.62. The third-order valence-corrected chi connectivity index (χ3v) is 3.51. The Bertz CT molecular complexity index is 699. The first-order valence-corrected chi connectivity index (χ1v) is 7.83. The zero-order valence-electron chi connectivity index (χ0n) is 12.9. The molecule has 0 fully saturated rings. The molecule has 24 heavy (non-hydrogen) atoms. The van der Waals surface area contributed by atoms with Gasteiger partial charge in [0, 0.05) is 12.1 Å². The molecule has 2 rings (SSSR count). The van der Waals surface area contributed by atoms with Crippen LogP contribution >= 0.6 is 23.2 Å². The van der Waals surface area contributed by atoms with Crippen molar-refractivity contribution >= 4 is 46.5 Å². The van der Waals surface area contributed by atoms with Crippen molar-refractivity contribution in [1.82, 2.24) is 0 Å². The van der Waals surface area contributed by atoms with E-state index in [2.05, 4.69) is 5.32 Å². The molecule has 0 saturated carbocycles. The fraction of sp³-hybridized carbons (Fsp3) is 0.176. The van der Waals surface area contributed by atoms with Crippen LogP contribution < -0.4 is 5.32 Å². The Labute approximate surface area is 149 Å². The predicted octanol–water partition coefficient (Wildman–Crippen LogP) is 4.85. The van der Waals surface area contributed by atoms with Gasteiger partial charge in [-0.25, -0.2) is 0 Å². The number of anilines is 2. The van der Waals surface area contributed by atoms with Crippen molar-refractivity contribution in [1.29, 1.82) is 0 Å². The molecule has 0 radical (unpaired) electrons. The summed E-state index contributed by atoms with van der Waals surface area (Å²) < 4.78 is 0. The van der Waals surface area contributed by atoms with E-state index >= 15 is 0 Å². The number of hydrogen-bond acceptors (Lipinski definition) is 3. The Balaban J connectivity index is 0.000000505. The molecule has 0 heterocycles. The SMILES string of the molecule is CCC(=O)O.O=C(O)Cc1ccccc1Nc1c(Cl)cccc1Cl. The van der Waals surface area contributed by atoms with E-state index in [0.717, 1.165) is 0 Å². The molecule has 0 atom stereocenters. The van der Waals surface area contributed by atoms with Crippen LogP contribution in [0.15, 0.2) is 42.5 Å². The van der Waals surface area contributed by atoms with E-state index in [1.165, 1.54) is 0 Å². The number of rotatable bonds is 5. The highest BCUT2D eigenvalue weighted by Crippen LogP contribution is 2.33. The highest BCUT2D eigenvalue weighted by molar-refractivity contribution is 6.39. The van der Waals surface area contributed by atoms with Crippen molar-refractivity contribution in [2.24, 2.45) is 0 Å². The fourth-order valence-corrected chi connectivity index (χ4v) is 2.20. The summed E-state index contributed by atoms with van der Waals surface area (Å²) in [6.45, 7) is 1.60. The molecule has 5 nitrogen and oxygen atoms in total. The number of carbonyl (C=O) groups is 2. The first-order chi connectivity index (χ1) is 11.3. The van der Waals surface area contributed by atoms with Crippen LogP contribution in [0.3, 0.4) is 0 Å². The Kier molecular flexibility index (Phi) is 8.09. The molecule has 0 aliphatic rings.